The molecule has 0 radical (unpaired) electrons. The second-order valence-electron chi connectivity index (χ2n) is 4.81. The number of rotatable bonds is 11. The van der Waals surface area contributed by atoms with E-state index >= 15 is 0 Å². The third-order valence-corrected chi connectivity index (χ3v) is 2.78. The molecule has 0 aliphatic heterocycles. The van der Waals surface area contributed by atoms with Crippen molar-refractivity contribution in [3.63, 3.8) is 0 Å². The number of alkyl halides is 3. The molecule has 0 rings (SSSR count). The summed E-state index contributed by atoms with van der Waals surface area (Å²) in [5, 5.41) is 13.5. The number of carboxylic acid groups (broad SMARTS) is 1. The maximum Gasteiger partial charge on any atom is 0.389 e. The average Bonchev–Trinajstić information content (AvgIpc) is 2.35. The number of hydrogen-bond acceptors (Lipinski definition) is 2. The number of nitrogens with one attached hydrogen (secondary N) is 2. The van der Waals surface area contributed by atoms with Gasteiger partial charge in [-0.15, -0.1) is 0 Å². The Morgan fingerprint density at radius 1 is 0.857 bits per heavy atom. The number of carboxylic acids is 1. The van der Waals surface area contributed by atoms with Gasteiger partial charge in [-0.25, -0.2) is 4.79 Å². The van der Waals surface area contributed by atoms with E-state index in [0.717, 1.165) is 19.3 Å². The van der Waals surface area contributed by atoms with Crippen LogP contribution in [0.15, 0.2) is 0 Å². The first kappa shape index (κ1) is 19.5. The van der Waals surface area contributed by atoms with E-state index in [-0.39, 0.29) is 25.4 Å². The molecule has 124 valence electrons. The number of unbranched alkanes of at least 4 members (excludes halogenated alkanes) is 4. The van der Waals surface area contributed by atoms with E-state index in [1.807, 2.05) is 0 Å². The highest BCUT2D eigenvalue weighted by Crippen LogP contribution is 2.21. The minimum Gasteiger partial charge on any atom is -0.481 e. The minimum atomic E-state index is -4.14. The molecule has 2 amide bonds. The molecule has 0 fully saturated rings. The Balaban J connectivity index is 3.29. The largest absolute Gasteiger partial charge is 0.481 e. The number of halogens is 3. The number of carbonyl (C=O) groups excluding carboxylic acids is 1. The normalized spacial score (nSPS) is 11.2. The van der Waals surface area contributed by atoms with Crippen LogP contribution in [-0.4, -0.2) is 36.4 Å². The van der Waals surface area contributed by atoms with Crippen LogP contribution < -0.4 is 10.6 Å². The van der Waals surface area contributed by atoms with Gasteiger partial charge in [0.05, 0.1) is 0 Å². The lowest BCUT2D eigenvalue weighted by atomic mass is 10.1. The summed E-state index contributed by atoms with van der Waals surface area (Å²) in [6.45, 7) is 0.696. The Labute approximate surface area is 122 Å². The van der Waals surface area contributed by atoms with E-state index in [2.05, 4.69) is 10.6 Å². The Morgan fingerprint density at radius 3 is 1.90 bits per heavy atom. The van der Waals surface area contributed by atoms with Crippen LogP contribution in [0.25, 0.3) is 0 Å². The molecule has 0 aliphatic rings. The van der Waals surface area contributed by atoms with Gasteiger partial charge in [-0.2, -0.15) is 13.2 Å². The smallest absolute Gasteiger partial charge is 0.389 e. The lowest BCUT2D eigenvalue weighted by molar-refractivity contribution is -0.137. The van der Waals surface area contributed by atoms with E-state index in [9.17, 15) is 22.8 Å². The van der Waals surface area contributed by atoms with Gasteiger partial charge in [0.25, 0.3) is 0 Å². The summed E-state index contributed by atoms with van der Waals surface area (Å²) in [5.74, 6) is -0.807. The summed E-state index contributed by atoms with van der Waals surface area (Å²) < 4.78 is 35.5. The van der Waals surface area contributed by atoms with Crippen molar-refractivity contribution < 1.29 is 27.9 Å². The summed E-state index contributed by atoms with van der Waals surface area (Å²) in [6.07, 6.45) is -1.50. The molecule has 21 heavy (non-hydrogen) atoms. The van der Waals surface area contributed by atoms with Gasteiger partial charge in [-0.3, -0.25) is 4.79 Å². The van der Waals surface area contributed by atoms with E-state index in [4.69, 9.17) is 5.11 Å². The van der Waals surface area contributed by atoms with E-state index < -0.39 is 18.6 Å². The first-order valence-electron chi connectivity index (χ1n) is 7.11. The van der Waals surface area contributed by atoms with Crippen LogP contribution in [0.5, 0.6) is 0 Å². The van der Waals surface area contributed by atoms with Crippen LogP contribution in [0.1, 0.15) is 51.4 Å². The standard InChI is InChI=1S/C13H23F3N2O3/c14-13(15,16)8-4-6-10-18-12(21)17-9-5-2-1-3-7-11(19)20/h1-10H2,(H,19,20)(H2,17,18,21). The molecular formula is C13H23F3N2O3. The zero-order chi connectivity index (χ0) is 16.1. The van der Waals surface area contributed by atoms with E-state index in [1.165, 1.54) is 0 Å². The lowest BCUT2D eigenvalue weighted by Crippen LogP contribution is -2.36. The SMILES string of the molecule is O=C(O)CCCCCCNC(=O)NCCCCC(F)(F)F. The summed E-state index contributed by atoms with van der Waals surface area (Å²) in [7, 11) is 0. The topological polar surface area (TPSA) is 78.4 Å². The van der Waals surface area contributed by atoms with Crippen LogP contribution in [0, 0.1) is 0 Å². The molecule has 0 aromatic carbocycles. The average molecular weight is 312 g/mol. The Morgan fingerprint density at radius 2 is 1.38 bits per heavy atom. The molecule has 0 unspecified atom stereocenters. The van der Waals surface area contributed by atoms with E-state index in [1.54, 1.807) is 0 Å². The predicted octanol–water partition coefficient (Wildman–Crippen LogP) is 3.05. The van der Waals surface area contributed by atoms with Crippen molar-refractivity contribution in [2.75, 3.05) is 13.1 Å². The molecular weight excluding hydrogens is 289 g/mol. The molecule has 0 aromatic rings. The summed E-state index contributed by atoms with van der Waals surface area (Å²) in [6, 6.07) is -0.382. The van der Waals surface area contributed by atoms with Gasteiger partial charge in [0.15, 0.2) is 0 Å². The first-order chi connectivity index (χ1) is 9.81. The molecule has 0 heterocycles. The molecule has 0 saturated heterocycles. The van der Waals surface area contributed by atoms with Gasteiger partial charge < -0.3 is 15.7 Å². The van der Waals surface area contributed by atoms with Crippen molar-refractivity contribution in [1.29, 1.82) is 0 Å². The highest BCUT2D eigenvalue weighted by atomic mass is 19.4. The fraction of sp³-hybridized carbons (Fsp3) is 0.846. The molecule has 0 bridgehead atoms. The monoisotopic (exact) mass is 312 g/mol. The van der Waals surface area contributed by atoms with Crippen LogP contribution in [-0.2, 0) is 4.79 Å². The molecule has 0 aromatic heterocycles. The number of carbonyl (C=O) groups is 2. The van der Waals surface area contributed by atoms with Crippen molar-refractivity contribution in [2.45, 2.75) is 57.5 Å². The van der Waals surface area contributed by atoms with Gasteiger partial charge in [0.1, 0.15) is 0 Å². The summed E-state index contributed by atoms with van der Waals surface area (Å²) >= 11 is 0. The zero-order valence-electron chi connectivity index (χ0n) is 12.0. The third-order valence-electron chi connectivity index (χ3n) is 2.78. The number of hydrogen-bond donors (Lipinski definition) is 3. The molecule has 0 spiro atoms. The lowest BCUT2D eigenvalue weighted by Gasteiger charge is -2.08. The number of amides is 2. The minimum absolute atomic E-state index is 0.00730. The fourth-order valence-corrected chi connectivity index (χ4v) is 1.67. The maximum atomic E-state index is 11.8. The maximum absolute atomic E-state index is 11.8. The van der Waals surface area contributed by atoms with Crippen molar-refractivity contribution in [1.82, 2.24) is 10.6 Å². The van der Waals surface area contributed by atoms with Gasteiger partial charge in [0.2, 0.25) is 0 Å². The summed E-state index contributed by atoms with van der Waals surface area (Å²) in [4.78, 5) is 21.5. The molecule has 0 aliphatic carbocycles. The van der Waals surface area contributed by atoms with Gasteiger partial charge >= 0.3 is 18.2 Å². The number of urea groups is 1. The molecule has 0 atom stereocenters. The van der Waals surface area contributed by atoms with Crippen LogP contribution in [0.4, 0.5) is 18.0 Å². The van der Waals surface area contributed by atoms with Crippen LogP contribution in [0.2, 0.25) is 0 Å². The second kappa shape index (κ2) is 11.2. The Kier molecular flexibility index (Phi) is 10.4. The molecule has 3 N–H and O–H groups in total. The fourth-order valence-electron chi connectivity index (χ4n) is 1.67. The van der Waals surface area contributed by atoms with E-state index in [0.29, 0.717) is 19.4 Å². The van der Waals surface area contributed by atoms with Gasteiger partial charge in [-0.1, -0.05) is 12.8 Å². The van der Waals surface area contributed by atoms with Crippen molar-refractivity contribution >= 4 is 12.0 Å². The number of aliphatic carboxylic acids is 1. The first-order valence-corrected chi connectivity index (χ1v) is 7.11. The van der Waals surface area contributed by atoms with Crippen molar-refractivity contribution in [3.8, 4) is 0 Å². The molecule has 0 saturated carbocycles. The molecule has 5 nitrogen and oxygen atoms in total. The van der Waals surface area contributed by atoms with Crippen molar-refractivity contribution in [2.24, 2.45) is 0 Å². The Bertz CT molecular complexity index is 310. The quantitative estimate of drug-likeness (QED) is 0.513. The second-order valence-corrected chi connectivity index (χ2v) is 4.81. The van der Waals surface area contributed by atoms with Gasteiger partial charge in [0, 0.05) is 25.9 Å². The third kappa shape index (κ3) is 16.5. The zero-order valence-corrected chi connectivity index (χ0v) is 12.0. The van der Waals surface area contributed by atoms with Crippen LogP contribution in [0.3, 0.4) is 0 Å². The van der Waals surface area contributed by atoms with Crippen LogP contribution >= 0.6 is 0 Å². The summed E-state index contributed by atoms with van der Waals surface area (Å²) in [5.41, 5.74) is 0. The Hall–Kier alpha value is -1.47. The highest BCUT2D eigenvalue weighted by Gasteiger charge is 2.25. The molecule has 8 heteroatoms. The van der Waals surface area contributed by atoms with Crippen molar-refractivity contribution in [3.05, 3.63) is 0 Å². The highest BCUT2D eigenvalue weighted by molar-refractivity contribution is 5.73. The van der Waals surface area contributed by atoms with Gasteiger partial charge in [-0.05, 0) is 25.7 Å². The predicted molar refractivity (Wildman–Crippen MR) is 72.0 cm³/mol.